The molecule has 20 heavy (non-hydrogen) atoms. The molecule has 5 heteroatoms. The Hall–Kier alpha value is -2.17. The molecular weight excluding hydrogens is 258 g/mol. The van der Waals surface area contributed by atoms with Crippen molar-refractivity contribution in [2.24, 2.45) is 5.92 Å². The van der Waals surface area contributed by atoms with Gasteiger partial charge in [-0.2, -0.15) is 0 Å². The van der Waals surface area contributed by atoms with Crippen LogP contribution in [0.25, 0.3) is 0 Å². The molecule has 1 aliphatic carbocycles. The molecule has 0 bridgehead atoms. The van der Waals surface area contributed by atoms with Crippen molar-refractivity contribution < 1.29 is 19.1 Å². The molecular formula is C15H17NO4. The molecule has 1 fully saturated rings. The average molecular weight is 275 g/mol. The lowest BCUT2D eigenvalue weighted by atomic mass is 10.0. The maximum Gasteiger partial charge on any atom is 0.336 e. The van der Waals surface area contributed by atoms with Crippen LogP contribution in [-0.2, 0) is 14.3 Å². The molecule has 1 aromatic carbocycles. The lowest BCUT2D eigenvalue weighted by Gasteiger charge is -2.16. The summed E-state index contributed by atoms with van der Waals surface area (Å²) in [5, 5.41) is 2.50. The van der Waals surface area contributed by atoms with Gasteiger partial charge in [0.25, 0.3) is 0 Å². The van der Waals surface area contributed by atoms with Crippen LogP contribution in [-0.4, -0.2) is 30.3 Å². The van der Waals surface area contributed by atoms with Crippen LogP contribution in [0.3, 0.4) is 0 Å². The van der Waals surface area contributed by atoms with Gasteiger partial charge in [0.05, 0.1) is 6.61 Å². The van der Waals surface area contributed by atoms with Crippen molar-refractivity contribution in [3.8, 4) is 0 Å². The third kappa shape index (κ3) is 3.44. The second-order valence-corrected chi connectivity index (χ2v) is 4.70. The normalized spacial score (nSPS) is 15.2. The zero-order valence-electron chi connectivity index (χ0n) is 11.3. The Labute approximate surface area is 117 Å². The van der Waals surface area contributed by atoms with Crippen LogP contribution in [0.5, 0.6) is 0 Å². The predicted octanol–water partition coefficient (Wildman–Crippen LogP) is 1.33. The molecule has 0 aromatic heterocycles. The molecule has 0 spiro atoms. The van der Waals surface area contributed by atoms with Crippen molar-refractivity contribution in [1.29, 1.82) is 0 Å². The largest absolute Gasteiger partial charge is 0.464 e. The van der Waals surface area contributed by atoms with Gasteiger partial charge in [-0.3, -0.25) is 9.59 Å². The van der Waals surface area contributed by atoms with Gasteiger partial charge < -0.3 is 10.1 Å². The van der Waals surface area contributed by atoms with Crippen molar-refractivity contribution in [3.63, 3.8) is 0 Å². The molecule has 5 nitrogen and oxygen atoms in total. The molecule has 0 saturated heterocycles. The average Bonchev–Trinajstić information content (AvgIpc) is 3.29. The van der Waals surface area contributed by atoms with Gasteiger partial charge in [-0.25, -0.2) is 4.79 Å². The Bertz CT molecular complexity index is 508. The Morgan fingerprint density at radius 1 is 1.25 bits per heavy atom. The molecule has 2 rings (SSSR count). The minimum Gasteiger partial charge on any atom is -0.464 e. The molecule has 1 unspecified atom stereocenters. The summed E-state index contributed by atoms with van der Waals surface area (Å²) in [5.41, 5.74) is 0.377. The minimum atomic E-state index is -1.26. The number of rotatable bonds is 6. The molecule has 1 atom stereocenters. The van der Waals surface area contributed by atoms with Gasteiger partial charge in [-0.05, 0) is 19.8 Å². The van der Waals surface area contributed by atoms with E-state index in [4.69, 9.17) is 4.74 Å². The highest BCUT2D eigenvalue weighted by atomic mass is 16.5. The van der Waals surface area contributed by atoms with Gasteiger partial charge in [0.2, 0.25) is 5.91 Å². The fourth-order valence-corrected chi connectivity index (χ4v) is 1.83. The van der Waals surface area contributed by atoms with Crippen LogP contribution in [0.4, 0.5) is 0 Å². The van der Waals surface area contributed by atoms with Crippen LogP contribution < -0.4 is 5.32 Å². The second-order valence-electron chi connectivity index (χ2n) is 4.70. The number of benzene rings is 1. The number of amides is 1. The summed E-state index contributed by atoms with van der Waals surface area (Å²) in [5.74, 6) is -1.49. The highest BCUT2D eigenvalue weighted by Gasteiger charge is 2.36. The van der Waals surface area contributed by atoms with Gasteiger partial charge in [-0.15, -0.1) is 0 Å². The fraction of sp³-hybridized carbons (Fsp3) is 0.400. The summed E-state index contributed by atoms with van der Waals surface area (Å²) < 4.78 is 4.87. The first-order valence-corrected chi connectivity index (χ1v) is 6.69. The molecule has 1 saturated carbocycles. The van der Waals surface area contributed by atoms with Crippen LogP contribution in [0, 0.1) is 5.92 Å². The first kappa shape index (κ1) is 14.2. The monoisotopic (exact) mass is 275 g/mol. The SMILES string of the molecule is CCOC(=O)C(NC(=O)C1CC1)C(=O)c1ccccc1. The summed E-state index contributed by atoms with van der Waals surface area (Å²) in [6.07, 6.45) is 1.61. The van der Waals surface area contributed by atoms with Crippen molar-refractivity contribution >= 4 is 17.7 Å². The molecule has 1 amide bonds. The van der Waals surface area contributed by atoms with E-state index in [1.807, 2.05) is 0 Å². The molecule has 0 heterocycles. The quantitative estimate of drug-likeness (QED) is 0.483. The Balaban J connectivity index is 2.14. The summed E-state index contributed by atoms with van der Waals surface area (Å²) >= 11 is 0. The van der Waals surface area contributed by atoms with E-state index in [2.05, 4.69) is 5.32 Å². The van der Waals surface area contributed by atoms with E-state index in [0.29, 0.717) is 5.56 Å². The van der Waals surface area contributed by atoms with Gasteiger partial charge in [-0.1, -0.05) is 30.3 Å². The Morgan fingerprint density at radius 3 is 2.45 bits per heavy atom. The zero-order valence-corrected chi connectivity index (χ0v) is 11.3. The van der Waals surface area contributed by atoms with E-state index in [9.17, 15) is 14.4 Å². The van der Waals surface area contributed by atoms with E-state index < -0.39 is 17.8 Å². The number of Topliss-reactive ketones (excluding diaryl/α,β-unsaturated/α-hetero) is 1. The molecule has 106 valence electrons. The fourth-order valence-electron chi connectivity index (χ4n) is 1.83. The molecule has 1 aliphatic rings. The zero-order chi connectivity index (χ0) is 14.5. The van der Waals surface area contributed by atoms with E-state index in [1.54, 1.807) is 37.3 Å². The van der Waals surface area contributed by atoms with E-state index in [-0.39, 0.29) is 18.4 Å². The minimum absolute atomic E-state index is 0.0736. The van der Waals surface area contributed by atoms with E-state index >= 15 is 0 Å². The number of hydrogen-bond acceptors (Lipinski definition) is 4. The summed E-state index contributed by atoms with van der Waals surface area (Å²) in [6, 6.07) is 7.15. The molecule has 1 N–H and O–H groups in total. The lowest BCUT2D eigenvalue weighted by molar-refractivity contribution is -0.146. The summed E-state index contributed by atoms with van der Waals surface area (Å²) in [4.78, 5) is 36.0. The highest BCUT2D eigenvalue weighted by molar-refractivity contribution is 6.13. The topological polar surface area (TPSA) is 72.5 Å². The van der Waals surface area contributed by atoms with Gasteiger partial charge >= 0.3 is 5.97 Å². The van der Waals surface area contributed by atoms with E-state index in [1.165, 1.54) is 0 Å². The number of hydrogen-bond donors (Lipinski definition) is 1. The number of nitrogens with one attached hydrogen (secondary N) is 1. The van der Waals surface area contributed by atoms with Crippen LogP contribution in [0.15, 0.2) is 30.3 Å². The van der Waals surface area contributed by atoms with Crippen LogP contribution in [0.1, 0.15) is 30.1 Å². The molecule has 0 radical (unpaired) electrons. The summed E-state index contributed by atoms with van der Waals surface area (Å²) in [7, 11) is 0. The lowest BCUT2D eigenvalue weighted by Crippen LogP contribution is -2.48. The third-order valence-corrected chi connectivity index (χ3v) is 3.08. The van der Waals surface area contributed by atoms with Gasteiger partial charge in [0.1, 0.15) is 0 Å². The van der Waals surface area contributed by atoms with Gasteiger partial charge in [0, 0.05) is 11.5 Å². The number of ether oxygens (including phenoxy) is 1. The van der Waals surface area contributed by atoms with Crippen molar-refractivity contribution in [2.75, 3.05) is 6.61 Å². The maximum atomic E-state index is 12.3. The van der Waals surface area contributed by atoms with Crippen molar-refractivity contribution in [2.45, 2.75) is 25.8 Å². The van der Waals surface area contributed by atoms with E-state index in [0.717, 1.165) is 12.8 Å². The first-order valence-electron chi connectivity index (χ1n) is 6.69. The van der Waals surface area contributed by atoms with Gasteiger partial charge in [0.15, 0.2) is 11.8 Å². The number of esters is 1. The Morgan fingerprint density at radius 2 is 1.90 bits per heavy atom. The number of carbonyl (C=O) groups is 3. The number of carbonyl (C=O) groups excluding carboxylic acids is 3. The molecule has 0 aliphatic heterocycles. The van der Waals surface area contributed by atoms with Crippen molar-refractivity contribution in [1.82, 2.24) is 5.32 Å². The molecule has 1 aromatic rings. The van der Waals surface area contributed by atoms with Crippen LogP contribution >= 0.6 is 0 Å². The predicted molar refractivity (Wildman–Crippen MR) is 72.1 cm³/mol. The van der Waals surface area contributed by atoms with Crippen molar-refractivity contribution in [3.05, 3.63) is 35.9 Å². The number of ketones is 1. The summed E-state index contributed by atoms with van der Waals surface area (Å²) in [6.45, 7) is 1.82. The standard InChI is InChI=1S/C15H17NO4/c1-2-20-15(19)12(16-14(18)11-8-9-11)13(17)10-6-4-3-5-7-10/h3-7,11-12H,2,8-9H2,1H3,(H,16,18). The maximum absolute atomic E-state index is 12.3. The Kier molecular flexibility index (Phi) is 4.50. The smallest absolute Gasteiger partial charge is 0.336 e. The highest BCUT2D eigenvalue weighted by Crippen LogP contribution is 2.29. The third-order valence-electron chi connectivity index (χ3n) is 3.08. The second kappa shape index (κ2) is 6.32. The van der Waals surface area contributed by atoms with Crippen LogP contribution in [0.2, 0.25) is 0 Å². The first-order chi connectivity index (χ1) is 9.63.